The highest BCUT2D eigenvalue weighted by atomic mass is 32.2. The van der Waals surface area contributed by atoms with E-state index in [1.54, 1.807) is 24.3 Å². The van der Waals surface area contributed by atoms with E-state index >= 15 is 0 Å². The quantitative estimate of drug-likeness (QED) is 0.220. The van der Waals surface area contributed by atoms with Crippen molar-refractivity contribution in [3.05, 3.63) is 103 Å². The zero-order valence-corrected chi connectivity index (χ0v) is 22.3. The molecule has 0 fully saturated rings. The predicted molar refractivity (Wildman–Crippen MR) is 149 cm³/mol. The molecule has 1 atom stereocenters. The van der Waals surface area contributed by atoms with Gasteiger partial charge in [-0.2, -0.15) is 0 Å². The zero-order valence-electron chi connectivity index (χ0n) is 21.4. The Morgan fingerprint density at radius 2 is 1.79 bits per heavy atom. The van der Waals surface area contributed by atoms with E-state index in [4.69, 9.17) is 9.84 Å². The predicted octanol–water partition coefficient (Wildman–Crippen LogP) is 4.69. The van der Waals surface area contributed by atoms with E-state index in [2.05, 4.69) is 20.0 Å². The van der Waals surface area contributed by atoms with E-state index in [-0.39, 0.29) is 11.4 Å². The average Bonchev–Trinajstić information content (AvgIpc) is 2.95. The van der Waals surface area contributed by atoms with Crippen LogP contribution >= 0.6 is 0 Å². The molecule has 0 bridgehead atoms. The highest BCUT2D eigenvalue weighted by Gasteiger charge is 2.23. The van der Waals surface area contributed by atoms with E-state index in [0.717, 1.165) is 22.4 Å². The van der Waals surface area contributed by atoms with Gasteiger partial charge in [0.2, 0.25) is 10.0 Å². The average molecular weight is 547 g/mol. The number of anilines is 1. The van der Waals surface area contributed by atoms with Crippen LogP contribution in [0, 0.1) is 0 Å². The van der Waals surface area contributed by atoms with Crippen molar-refractivity contribution < 1.29 is 23.1 Å². The van der Waals surface area contributed by atoms with Crippen LogP contribution in [0.25, 0.3) is 11.1 Å². The van der Waals surface area contributed by atoms with Crippen LogP contribution in [0.1, 0.15) is 30.6 Å². The lowest BCUT2D eigenvalue weighted by Gasteiger charge is -2.19. The van der Waals surface area contributed by atoms with Gasteiger partial charge in [0.25, 0.3) is 0 Å². The summed E-state index contributed by atoms with van der Waals surface area (Å²) in [5, 5.41) is 11.7. The van der Waals surface area contributed by atoms with Gasteiger partial charge in [0, 0.05) is 12.4 Å². The molecule has 39 heavy (non-hydrogen) atoms. The number of carboxylic acids is 1. The first kappa shape index (κ1) is 27.7. The van der Waals surface area contributed by atoms with Gasteiger partial charge in [-0.1, -0.05) is 42.5 Å². The molecular formula is C29H30N4O5S. The summed E-state index contributed by atoms with van der Waals surface area (Å²) < 4.78 is 34.6. The van der Waals surface area contributed by atoms with Crippen molar-refractivity contribution in [1.29, 1.82) is 0 Å². The Kier molecular flexibility index (Phi) is 9.24. The molecule has 10 heteroatoms. The number of benzene rings is 2. The first-order valence-corrected chi connectivity index (χ1v) is 14.0. The fraction of sp³-hybridized carbons (Fsp3) is 0.207. The minimum Gasteiger partial charge on any atom is -0.494 e. The number of carboxylic acid groups (broad SMARTS) is 1. The summed E-state index contributed by atoms with van der Waals surface area (Å²) >= 11 is 0. The molecule has 0 aliphatic carbocycles. The fourth-order valence-corrected chi connectivity index (χ4v) is 5.25. The number of hydrogen-bond donors (Lipinski definition) is 3. The normalized spacial score (nSPS) is 12.0. The minimum absolute atomic E-state index is 0.0498. The van der Waals surface area contributed by atoms with Crippen molar-refractivity contribution in [3.63, 3.8) is 0 Å². The highest BCUT2D eigenvalue weighted by molar-refractivity contribution is 7.89. The van der Waals surface area contributed by atoms with Gasteiger partial charge in [0.05, 0.1) is 18.3 Å². The monoisotopic (exact) mass is 546 g/mol. The third-order valence-electron chi connectivity index (χ3n) is 5.94. The van der Waals surface area contributed by atoms with Crippen molar-refractivity contribution >= 4 is 21.8 Å². The molecule has 0 saturated carbocycles. The van der Waals surface area contributed by atoms with Crippen molar-refractivity contribution in [3.8, 4) is 16.9 Å². The number of aryl methyl sites for hydroxylation is 1. The maximum absolute atomic E-state index is 13.1. The number of aromatic nitrogens is 2. The second-order valence-electron chi connectivity index (χ2n) is 8.75. The van der Waals surface area contributed by atoms with E-state index < -0.39 is 22.0 Å². The molecule has 202 valence electrons. The molecule has 2 heterocycles. The van der Waals surface area contributed by atoms with Crippen LogP contribution in [0.15, 0.2) is 96.2 Å². The van der Waals surface area contributed by atoms with Crippen LogP contribution in [-0.4, -0.2) is 42.6 Å². The van der Waals surface area contributed by atoms with Crippen molar-refractivity contribution in [1.82, 2.24) is 14.7 Å². The van der Waals surface area contributed by atoms with E-state index in [0.29, 0.717) is 31.0 Å². The molecule has 2 aromatic carbocycles. The number of aliphatic carboxylic acids is 1. The molecule has 0 aliphatic heterocycles. The smallest absolute Gasteiger partial charge is 0.322 e. The Morgan fingerprint density at radius 3 is 2.51 bits per heavy atom. The number of ether oxygens (including phenoxy) is 1. The first-order valence-electron chi connectivity index (χ1n) is 12.5. The van der Waals surface area contributed by atoms with Gasteiger partial charge < -0.3 is 15.2 Å². The Balaban J connectivity index is 1.54. The SMILES string of the molecule is CCOc1cccc(-c2ccc(CCC(NS(=O)(=O)c3cccnc3)c3cccc(NCC(=O)O)n3)cc2)c1. The van der Waals surface area contributed by atoms with Crippen LogP contribution in [-0.2, 0) is 21.2 Å². The van der Waals surface area contributed by atoms with Crippen molar-refractivity contribution in [2.75, 3.05) is 18.5 Å². The molecule has 3 N–H and O–H groups in total. The van der Waals surface area contributed by atoms with Crippen LogP contribution in [0.2, 0.25) is 0 Å². The van der Waals surface area contributed by atoms with Crippen LogP contribution in [0.5, 0.6) is 5.75 Å². The summed E-state index contributed by atoms with van der Waals surface area (Å²) in [6.45, 7) is 2.24. The Bertz CT molecular complexity index is 1500. The van der Waals surface area contributed by atoms with Crippen molar-refractivity contribution in [2.45, 2.75) is 30.7 Å². The van der Waals surface area contributed by atoms with Crippen LogP contribution in [0.3, 0.4) is 0 Å². The highest BCUT2D eigenvalue weighted by Crippen LogP contribution is 2.26. The third-order valence-corrected chi connectivity index (χ3v) is 7.40. The zero-order chi connectivity index (χ0) is 27.7. The molecule has 4 rings (SSSR count). The lowest BCUT2D eigenvalue weighted by atomic mass is 9.99. The van der Waals surface area contributed by atoms with E-state index in [9.17, 15) is 13.2 Å². The Morgan fingerprint density at radius 1 is 1.00 bits per heavy atom. The van der Waals surface area contributed by atoms with Crippen LogP contribution < -0.4 is 14.8 Å². The molecule has 0 spiro atoms. The molecule has 4 aromatic rings. The molecule has 0 aliphatic rings. The number of pyridine rings is 2. The summed E-state index contributed by atoms with van der Waals surface area (Å²) in [4.78, 5) is 19.4. The molecule has 1 unspecified atom stereocenters. The van der Waals surface area contributed by atoms with Gasteiger partial charge in [-0.3, -0.25) is 9.78 Å². The minimum atomic E-state index is -3.88. The summed E-state index contributed by atoms with van der Waals surface area (Å²) in [5.41, 5.74) is 3.60. The topological polar surface area (TPSA) is 131 Å². The molecule has 0 saturated heterocycles. The van der Waals surface area contributed by atoms with E-state index in [1.165, 1.54) is 18.5 Å². The Labute approximate surface area is 228 Å². The maximum atomic E-state index is 13.1. The summed E-state index contributed by atoms with van der Waals surface area (Å²) in [6, 6.07) is 23.5. The van der Waals surface area contributed by atoms with Gasteiger partial charge in [-0.15, -0.1) is 0 Å². The Hall–Kier alpha value is -4.28. The summed E-state index contributed by atoms with van der Waals surface area (Å²) in [5.74, 6) is 0.138. The van der Waals surface area contributed by atoms with E-state index in [1.807, 2.05) is 55.5 Å². The molecule has 9 nitrogen and oxygen atoms in total. The van der Waals surface area contributed by atoms with Crippen LogP contribution in [0.4, 0.5) is 5.82 Å². The number of hydrogen-bond acceptors (Lipinski definition) is 7. The lowest BCUT2D eigenvalue weighted by molar-refractivity contribution is -0.134. The summed E-state index contributed by atoms with van der Waals surface area (Å²) in [6.07, 6.45) is 3.80. The maximum Gasteiger partial charge on any atom is 0.322 e. The second kappa shape index (κ2) is 13.0. The molecular weight excluding hydrogens is 516 g/mol. The van der Waals surface area contributed by atoms with Gasteiger partial charge in [0.1, 0.15) is 23.0 Å². The van der Waals surface area contributed by atoms with Gasteiger partial charge in [-0.05, 0) is 72.9 Å². The number of nitrogens with zero attached hydrogens (tertiary/aromatic N) is 2. The molecule has 2 aromatic heterocycles. The summed E-state index contributed by atoms with van der Waals surface area (Å²) in [7, 11) is -3.88. The van der Waals surface area contributed by atoms with Gasteiger partial charge >= 0.3 is 5.97 Å². The number of nitrogens with one attached hydrogen (secondary N) is 2. The van der Waals surface area contributed by atoms with Crippen molar-refractivity contribution in [2.24, 2.45) is 0 Å². The fourth-order valence-electron chi connectivity index (χ4n) is 4.05. The number of carbonyl (C=O) groups is 1. The first-order chi connectivity index (χ1) is 18.8. The second-order valence-corrected chi connectivity index (χ2v) is 10.5. The molecule has 0 radical (unpaired) electrons. The standard InChI is InChI=1S/C29H30N4O5S/c1-2-38-24-7-3-6-23(18-24)22-14-11-21(12-15-22)13-16-27(33-39(36,37)25-8-5-17-30-19-25)26-9-4-10-28(32-26)31-20-29(34)35/h3-12,14-15,17-19,27,33H,2,13,16,20H2,1H3,(H,31,32)(H,34,35). The largest absolute Gasteiger partial charge is 0.494 e. The number of sulfonamides is 1. The number of rotatable bonds is 13. The third kappa shape index (κ3) is 7.86. The molecule has 0 amide bonds. The lowest BCUT2D eigenvalue weighted by Crippen LogP contribution is -2.30. The van der Waals surface area contributed by atoms with Gasteiger partial charge in [0.15, 0.2) is 0 Å². The van der Waals surface area contributed by atoms with Gasteiger partial charge in [-0.25, -0.2) is 18.1 Å².